The third-order valence-electron chi connectivity index (χ3n) is 3.78. The molecule has 0 radical (unpaired) electrons. The minimum Gasteiger partial charge on any atom is -0.324 e. The molecule has 1 amide bonds. The Balaban J connectivity index is 1.93. The summed E-state index contributed by atoms with van der Waals surface area (Å²) in [6, 6.07) is 23.1. The topological polar surface area (TPSA) is 29.1 Å². The van der Waals surface area contributed by atoms with Crippen molar-refractivity contribution >= 4 is 34.0 Å². The maximum absolute atomic E-state index is 12.6. The van der Waals surface area contributed by atoms with Crippen molar-refractivity contribution in [3.8, 4) is 0 Å². The van der Waals surface area contributed by atoms with Crippen LogP contribution in [0.2, 0.25) is 0 Å². The predicted molar refractivity (Wildman–Crippen MR) is 92.2 cm³/mol. The fourth-order valence-corrected chi connectivity index (χ4v) is 2.63. The number of hydrogen-bond donors (Lipinski definition) is 1. The summed E-state index contributed by atoms with van der Waals surface area (Å²) in [4.78, 5) is 11.5. The number of anilines is 1. The molecule has 0 bridgehead atoms. The maximum Gasteiger partial charge on any atom is 0.249 e. The highest BCUT2D eigenvalue weighted by molar-refractivity contribution is 6.36. The summed E-state index contributed by atoms with van der Waals surface area (Å²) in [5.74, 6) is -0.239. The van der Waals surface area contributed by atoms with E-state index in [1.165, 1.54) is 0 Å². The van der Waals surface area contributed by atoms with Crippen LogP contribution in [0, 0.1) is 0 Å². The van der Waals surface area contributed by atoms with Crippen LogP contribution in [0.3, 0.4) is 0 Å². The highest BCUT2D eigenvalue weighted by atomic mass is 35.5. The lowest BCUT2D eigenvalue weighted by Gasteiger charge is -2.22. The van der Waals surface area contributed by atoms with Crippen LogP contribution >= 0.6 is 11.6 Å². The molecular formula is C19H16ClNO. The Hall–Kier alpha value is -2.32. The summed E-state index contributed by atoms with van der Waals surface area (Å²) in [7, 11) is 0. The van der Waals surface area contributed by atoms with Crippen LogP contribution in [0.5, 0.6) is 0 Å². The second kappa shape index (κ2) is 5.82. The summed E-state index contributed by atoms with van der Waals surface area (Å²) in [5.41, 5.74) is 1.54. The van der Waals surface area contributed by atoms with Gasteiger partial charge in [-0.3, -0.25) is 4.79 Å². The van der Waals surface area contributed by atoms with E-state index < -0.39 is 4.87 Å². The molecule has 3 rings (SSSR count). The fraction of sp³-hybridized carbons (Fsp3) is 0.105. The van der Waals surface area contributed by atoms with Crippen molar-refractivity contribution in [3.05, 3.63) is 78.4 Å². The van der Waals surface area contributed by atoms with Crippen molar-refractivity contribution in [3.63, 3.8) is 0 Å². The number of halogens is 1. The largest absolute Gasteiger partial charge is 0.324 e. The lowest BCUT2D eigenvalue weighted by atomic mass is 9.99. The minimum absolute atomic E-state index is 0.239. The molecule has 0 fully saturated rings. The first-order valence-electron chi connectivity index (χ1n) is 7.13. The lowest BCUT2D eigenvalue weighted by molar-refractivity contribution is -0.118. The van der Waals surface area contributed by atoms with Gasteiger partial charge in [0.25, 0.3) is 0 Å². The zero-order valence-electron chi connectivity index (χ0n) is 12.2. The van der Waals surface area contributed by atoms with Gasteiger partial charge in [0.1, 0.15) is 4.87 Å². The Morgan fingerprint density at radius 1 is 0.909 bits per heavy atom. The monoisotopic (exact) mass is 309 g/mol. The SMILES string of the molecule is CC(Cl)(C(=O)Nc1cccc2ccccc12)c1ccccc1. The van der Waals surface area contributed by atoms with E-state index in [0.717, 1.165) is 22.0 Å². The quantitative estimate of drug-likeness (QED) is 0.683. The van der Waals surface area contributed by atoms with Crippen molar-refractivity contribution in [2.45, 2.75) is 11.8 Å². The molecular weight excluding hydrogens is 294 g/mol. The third kappa shape index (κ3) is 2.70. The highest BCUT2D eigenvalue weighted by Crippen LogP contribution is 2.31. The van der Waals surface area contributed by atoms with Gasteiger partial charge in [-0.2, -0.15) is 0 Å². The van der Waals surface area contributed by atoms with E-state index in [4.69, 9.17) is 11.6 Å². The van der Waals surface area contributed by atoms with Crippen molar-refractivity contribution in [1.29, 1.82) is 0 Å². The molecule has 0 heterocycles. The number of rotatable bonds is 3. The van der Waals surface area contributed by atoms with Gasteiger partial charge in [0.05, 0.1) is 0 Å². The number of fused-ring (bicyclic) bond motifs is 1. The van der Waals surface area contributed by atoms with Gasteiger partial charge in [-0.1, -0.05) is 66.7 Å². The first kappa shape index (κ1) is 14.6. The number of amides is 1. The number of nitrogens with one attached hydrogen (secondary N) is 1. The van der Waals surface area contributed by atoms with E-state index in [1.54, 1.807) is 6.92 Å². The molecule has 1 N–H and O–H groups in total. The van der Waals surface area contributed by atoms with Gasteiger partial charge in [-0.05, 0) is 23.9 Å². The smallest absolute Gasteiger partial charge is 0.249 e. The van der Waals surface area contributed by atoms with E-state index in [2.05, 4.69) is 5.32 Å². The van der Waals surface area contributed by atoms with Crippen LogP contribution in [0.1, 0.15) is 12.5 Å². The Kier molecular flexibility index (Phi) is 3.86. The van der Waals surface area contributed by atoms with Crippen molar-refractivity contribution in [2.24, 2.45) is 0 Å². The molecule has 110 valence electrons. The number of carbonyl (C=O) groups is 1. The summed E-state index contributed by atoms with van der Waals surface area (Å²) in [5, 5.41) is 5.03. The summed E-state index contributed by atoms with van der Waals surface area (Å²) in [6.45, 7) is 1.71. The number of benzene rings is 3. The molecule has 0 saturated heterocycles. The molecule has 0 aliphatic carbocycles. The molecule has 0 aromatic heterocycles. The Bertz CT molecular complexity index is 807. The standard InChI is InChI=1S/C19H16ClNO/c1-19(20,15-10-3-2-4-11-15)18(22)21-17-13-7-9-14-8-5-6-12-16(14)17/h2-13H,1H3,(H,21,22). The van der Waals surface area contributed by atoms with Crippen molar-refractivity contribution in [1.82, 2.24) is 0 Å². The van der Waals surface area contributed by atoms with Crippen molar-refractivity contribution < 1.29 is 4.79 Å². The van der Waals surface area contributed by atoms with Gasteiger partial charge in [0.2, 0.25) is 5.91 Å². The molecule has 0 saturated carbocycles. The van der Waals surface area contributed by atoms with E-state index in [0.29, 0.717) is 0 Å². The van der Waals surface area contributed by atoms with E-state index >= 15 is 0 Å². The third-order valence-corrected chi connectivity index (χ3v) is 4.17. The normalized spacial score (nSPS) is 13.5. The van der Waals surface area contributed by atoms with Crippen LogP contribution in [0.4, 0.5) is 5.69 Å². The van der Waals surface area contributed by atoms with Gasteiger partial charge in [-0.15, -0.1) is 11.6 Å². The molecule has 0 aliphatic rings. The van der Waals surface area contributed by atoms with Crippen LogP contribution in [-0.4, -0.2) is 5.91 Å². The Morgan fingerprint density at radius 3 is 2.32 bits per heavy atom. The van der Waals surface area contributed by atoms with E-state index in [1.807, 2.05) is 72.8 Å². The van der Waals surface area contributed by atoms with Crippen LogP contribution in [-0.2, 0) is 9.67 Å². The molecule has 2 nitrogen and oxygen atoms in total. The fourth-order valence-electron chi connectivity index (χ4n) is 2.46. The van der Waals surface area contributed by atoms with Crippen molar-refractivity contribution in [2.75, 3.05) is 5.32 Å². The van der Waals surface area contributed by atoms with Crippen LogP contribution < -0.4 is 5.32 Å². The number of alkyl halides is 1. The minimum atomic E-state index is -1.11. The molecule has 1 unspecified atom stereocenters. The molecule has 0 aliphatic heterocycles. The van der Waals surface area contributed by atoms with Crippen LogP contribution in [0.15, 0.2) is 72.8 Å². The van der Waals surface area contributed by atoms with Gasteiger partial charge in [0, 0.05) is 11.1 Å². The average molecular weight is 310 g/mol. The first-order chi connectivity index (χ1) is 10.6. The second-order valence-corrected chi connectivity index (χ2v) is 6.11. The summed E-state index contributed by atoms with van der Waals surface area (Å²) >= 11 is 6.50. The first-order valence-corrected chi connectivity index (χ1v) is 7.50. The number of hydrogen-bond acceptors (Lipinski definition) is 1. The van der Waals surface area contributed by atoms with Gasteiger partial charge in [-0.25, -0.2) is 0 Å². The Labute approximate surface area is 134 Å². The summed E-state index contributed by atoms with van der Waals surface area (Å²) < 4.78 is 0. The molecule has 3 heteroatoms. The molecule has 22 heavy (non-hydrogen) atoms. The predicted octanol–water partition coefficient (Wildman–Crippen LogP) is 4.93. The highest BCUT2D eigenvalue weighted by Gasteiger charge is 2.32. The lowest BCUT2D eigenvalue weighted by Crippen LogP contribution is -2.32. The zero-order chi connectivity index (χ0) is 15.6. The van der Waals surface area contributed by atoms with Gasteiger partial charge < -0.3 is 5.32 Å². The molecule has 3 aromatic rings. The molecule has 3 aromatic carbocycles. The second-order valence-electron chi connectivity index (χ2n) is 5.35. The molecule has 1 atom stereocenters. The van der Waals surface area contributed by atoms with Gasteiger partial charge in [0.15, 0.2) is 0 Å². The van der Waals surface area contributed by atoms with E-state index in [9.17, 15) is 4.79 Å². The summed E-state index contributed by atoms with van der Waals surface area (Å²) in [6.07, 6.45) is 0. The van der Waals surface area contributed by atoms with E-state index in [-0.39, 0.29) is 5.91 Å². The zero-order valence-corrected chi connectivity index (χ0v) is 13.0. The van der Waals surface area contributed by atoms with Crippen LogP contribution in [0.25, 0.3) is 10.8 Å². The maximum atomic E-state index is 12.6. The number of carbonyl (C=O) groups excluding carboxylic acids is 1. The van der Waals surface area contributed by atoms with Gasteiger partial charge >= 0.3 is 0 Å². The molecule has 0 spiro atoms. The Morgan fingerprint density at radius 2 is 1.55 bits per heavy atom. The average Bonchev–Trinajstić information content (AvgIpc) is 2.56.